The summed E-state index contributed by atoms with van der Waals surface area (Å²) >= 11 is 0. The minimum Gasteiger partial charge on any atom is -0.314 e. The van der Waals surface area contributed by atoms with Gasteiger partial charge in [0.15, 0.2) is 0 Å². The van der Waals surface area contributed by atoms with Crippen molar-refractivity contribution in [3.63, 3.8) is 0 Å². The third-order valence-corrected chi connectivity index (χ3v) is 4.00. The van der Waals surface area contributed by atoms with Crippen molar-refractivity contribution in [1.82, 2.24) is 5.32 Å². The first-order valence-corrected chi connectivity index (χ1v) is 7.45. The fourth-order valence-corrected chi connectivity index (χ4v) is 2.83. The van der Waals surface area contributed by atoms with Gasteiger partial charge in [-0.25, -0.2) is 0 Å². The predicted octanol–water partition coefficient (Wildman–Crippen LogP) is 4.37. The van der Waals surface area contributed by atoms with Gasteiger partial charge in [0, 0.05) is 6.04 Å². The Morgan fingerprint density at radius 2 is 2.00 bits per heavy atom. The molecule has 0 amide bonds. The Bertz CT molecular complexity index is 165. The molecule has 16 heavy (non-hydrogen) atoms. The van der Waals surface area contributed by atoms with Crippen molar-refractivity contribution in [3.05, 3.63) is 0 Å². The Balaban J connectivity index is 1.99. The maximum Gasteiger partial charge on any atom is 0.00697 e. The molecule has 96 valence electrons. The van der Waals surface area contributed by atoms with E-state index in [2.05, 4.69) is 26.1 Å². The van der Waals surface area contributed by atoms with Crippen LogP contribution in [0.2, 0.25) is 0 Å². The molecule has 0 saturated heterocycles. The molecule has 1 aliphatic carbocycles. The number of nitrogens with one attached hydrogen (secondary N) is 1. The zero-order chi connectivity index (χ0) is 11.8. The van der Waals surface area contributed by atoms with Crippen molar-refractivity contribution in [2.24, 2.45) is 11.8 Å². The lowest BCUT2D eigenvalue weighted by Crippen LogP contribution is -2.34. The molecule has 1 aliphatic rings. The molecule has 1 fully saturated rings. The highest BCUT2D eigenvalue weighted by atomic mass is 14.9. The Labute approximate surface area is 102 Å². The van der Waals surface area contributed by atoms with Gasteiger partial charge in [0.1, 0.15) is 0 Å². The summed E-state index contributed by atoms with van der Waals surface area (Å²) in [4.78, 5) is 0. The van der Waals surface area contributed by atoms with E-state index in [0.29, 0.717) is 0 Å². The van der Waals surface area contributed by atoms with E-state index in [4.69, 9.17) is 0 Å². The molecule has 0 aromatic carbocycles. The van der Waals surface area contributed by atoms with Crippen molar-refractivity contribution in [2.75, 3.05) is 6.54 Å². The summed E-state index contributed by atoms with van der Waals surface area (Å²) in [5, 5.41) is 3.76. The zero-order valence-electron chi connectivity index (χ0n) is 11.6. The van der Waals surface area contributed by atoms with Crippen molar-refractivity contribution in [1.29, 1.82) is 0 Å². The smallest absolute Gasteiger partial charge is 0.00697 e. The summed E-state index contributed by atoms with van der Waals surface area (Å²) in [5.74, 6) is 1.88. The molecule has 1 saturated carbocycles. The van der Waals surface area contributed by atoms with Crippen LogP contribution in [0.4, 0.5) is 0 Å². The maximum atomic E-state index is 3.76. The normalized spacial score (nSPS) is 26.2. The van der Waals surface area contributed by atoms with Gasteiger partial charge in [-0.3, -0.25) is 0 Å². The molecule has 2 atom stereocenters. The van der Waals surface area contributed by atoms with Gasteiger partial charge >= 0.3 is 0 Å². The highest BCUT2D eigenvalue weighted by Crippen LogP contribution is 2.26. The van der Waals surface area contributed by atoms with Crippen molar-refractivity contribution >= 4 is 0 Å². The molecule has 1 rings (SSSR count). The second-order valence-electron chi connectivity index (χ2n) is 5.98. The minimum absolute atomic E-state index is 0.831. The zero-order valence-corrected chi connectivity index (χ0v) is 11.6. The van der Waals surface area contributed by atoms with Crippen molar-refractivity contribution < 1.29 is 0 Å². The molecule has 0 spiro atoms. The Morgan fingerprint density at radius 3 is 2.69 bits per heavy atom. The predicted molar refractivity (Wildman–Crippen MR) is 72.7 cm³/mol. The second-order valence-corrected chi connectivity index (χ2v) is 5.98. The van der Waals surface area contributed by atoms with E-state index in [-0.39, 0.29) is 0 Å². The summed E-state index contributed by atoms with van der Waals surface area (Å²) in [7, 11) is 0. The van der Waals surface area contributed by atoms with Crippen LogP contribution in [0.1, 0.15) is 72.1 Å². The van der Waals surface area contributed by atoms with E-state index in [0.717, 1.165) is 17.9 Å². The molecule has 1 N–H and O–H groups in total. The van der Waals surface area contributed by atoms with Crippen LogP contribution in [0, 0.1) is 11.8 Å². The van der Waals surface area contributed by atoms with Gasteiger partial charge in [-0.1, -0.05) is 52.9 Å². The van der Waals surface area contributed by atoms with Gasteiger partial charge in [-0.15, -0.1) is 0 Å². The number of unbranched alkanes of at least 4 members (excludes halogenated alkanes) is 1. The largest absolute Gasteiger partial charge is 0.314 e. The van der Waals surface area contributed by atoms with Gasteiger partial charge in [-0.2, -0.15) is 0 Å². The highest BCUT2D eigenvalue weighted by molar-refractivity contribution is 4.77. The third-order valence-electron chi connectivity index (χ3n) is 4.00. The van der Waals surface area contributed by atoms with Crippen LogP contribution < -0.4 is 5.32 Å². The van der Waals surface area contributed by atoms with Gasteiger partial charge in [-0.05, 0) is 37.6 Å². The molecule has 0 aliphatic heterocycles. The third kappa shape index (κ3) is 5.89. The summed E-state index contributed by atoms with van der Waals surface area (Å²) in [6, 6.07) is 0.831. The molecular formula is C15H31N. The van der Waals surface area contributed by atoms with Crippen LogP contribution in [0.15, 0.2) is 0 Å². The van der Waals surface area contributed by atoms with E-state index in [1.54, 1.807) is 0 Å². The standard InChI is InChI=1S/C15H31N/c1-4-14-9-7-10-15(12-14)16-11-6-5-8-13(2)3/h13-16H,4-12H2,1-3H3. The van der Waals surface area contributed by atoms with E-state index in [9.17, 15) is 0 Å². The maximum absolute atomic E-state index is 3.76. The number of rotatable bonds is 7. The van der Waals surface area contributed by atoms with Crippen LogP contribution in [-0.4, -0.2) is 12.6 Å². The van der Waals surface area contributed by atoms with Gasteiger partial charge in [0.25, 0.3) is 0 Å². The molecule has 0 heterocycles. The van der Waals surface area contributed by atoms with Crippen molar-refractivity contribution in [2.45, 2.75) is 78.2 Å². The Kier molecular flexibility index (Phi) is 7.11. The van der Waals surface area contributed by atoms with Crippen LogP contribution in [0.3, 0.4) is 0 Å². The molecule has 0 bridgehead atoms. The molecule has 0 aromatic rings. The van der Waals surface area contributed by atoms with E-state index in [1.807, 2.05) is 0 Å². The summed E-state index contributed by atoms with van der Waals surface area (Å²) in [6.07, 6.45) is 11.3. The summed E-state index contributed by atoms with van der Waals surface area (Å²) in [6.45, 7) is 8.23. The first-order valence-electron chi connectivity index (χ1n) is 7.45. The van der Waals surface area contributed by atoms with Crippen molar-refractivity contribution in [3.8, 4) is 0 Å². The van der Waals surface area contributed by atoms with Crippen LogP contribution in [0.5, 0.6) is 0 Å². The first kappa shape index (κ1) is 14.0. The molecule has 2 unspecified atom stereocenters. The van der Waals surface area contributed by atoms with E-state index >= 15 is 0 Å². The fourth-order valence-electron chi connectivity index (χ4n) is 2.83. The molecule has 0 aromatic heterocycles. The van der Waals surface area contributed by atoms with Crippen LogP contribution in [0.25, 0.3) is 0 Å². The van der Waals surface area contributed by atoms with Gasteiger partial charge < -0.3 is 5.32 Å². The number of hydrogen-bond acceptors (Lipinski definition) is 1. The molecule has 0 radical (unpaired) electrons. The molecule has 1 heteroatoms. The van der Waals surface area contributed by atoms with Crippen LogP contribution >= 0.6 is 0 Å². The summed E-state index contributed by atoms with van der Waals surface area (Å²) in [5.41, 5.74) is 0. The lowest BCUT2D eigenvalue weighted by Gasteiger charge is -2.29. The van der Waals surface area contributed by atoms with Gasteiger partial charge in [0.2, 0.25) is 0 Å². The SMILES string of the molecule is CCC1CCCC(NCCCCC(C)C)C1. The summed E-state index contributed by atoms with van der Waals surface area (Å²) < 4.78 is 0. The van der Waals surface area contributed by atoms with Crippen LogP contribution in [-0.2, 0) is 0 Å². The Hall–Kier alpha value is -0.0400. The molecular weight excluding hydrogens is 194 g/mol. The number of hydrogen-bond donors (Lipinski definition) is 1. The van der Waals surface area contributed by atoms with E-state index < -0.39 is 0 Å². The highest BCUT2D eigenvalue weighted by Gasteiger charge is 2.19. The molecule has 1 nitrogen and oxygen atoms in total. The second kappa shape index (κ2) is 8.11. The lowest BCUT2D eigenvalue weighted by molar-refractivity contribution is 0.278. The average molecular weight is 225 g/mol. The lowest BCUT2D eigenvalue weighted by atomic mass is 9.84. The topological polar surface area (TPSA) is 12.0 Å². The Morgan fingerprint density at radius 1 is 1.19 bits per heavy atom. The average Bonchev–Trinajstić information content (AvgIpc) is 2.28. The van der Waals surface area contributed by atoms with E-state index in [1.165, 1.54) is 57.9 Å². The quantitative estimate of drug-likeness (QED) is 0.634. The fraction of sp³-hybridized carbons (Fsp3) is 1.00. The first-order chi connectivity index (χ1) is 7.72. The van der Waals surface area contributed by atoms with Gasteiger partial charge in [0.05, 0.1) is 0 Å². The minimum atomic E-state index is 0.831. The monoisotopic (exact) mass is 225 g/mol.